The minimum absolute atomic E-state index is 0.0205. The van der Waals surface area contributed by atoms with Gasteiger partial charge in [0.15, 0.2) is 0 Å². The summed E-state index contributed by atoms with van der Waals surface area (Å²) in [7, 11) is 2.16. The molecule has 7 heteroatoms. The number of nitrogens with zero attached hydrogens (tertiary/aromatic N) is 2. The van der Waals surface area contributed by atoms with Crippen LogP contribution < -0.4 is 10.6 Å². The third-order valence-electron chi connectivity index (χ3n) is 6.44. The van der Waals surface area contributed by atoms with E-state index < -0.39 is 12.1 Å². The van der Waals surface area contributed by atoms with Gasteiger partial charge < -0.3 is 20.3 Å². The quantitative estimate of drug-likeness (QED) is 0.562. The van der Waals surface area contributed by atoms with Crippen LogP contribution in [0.2, 0.25) is 0 Å². The molecule has 0 saturated carbocycles. The van der Waals surface area contributed by atoms with Crippen molar-refractivity contribution in [3.8, 4) is 0 Å². The van der Waals surface area contributed by atoms with Gasteiger partial charge in [-0.2, -0.15) is 0 Å². The summed E-state index contributed by atoms with van der Waals surface area (Å²) in [6.07, 6.45) is 0.177. The van der Waals surface area contributed by atoms with Gasteiger partial charge in [-0.1, -0.05) is 74.9 Å². The molecule has 1 heterocycles. The molecule has 0 aliphatic carbocycles. The number of rotatable bonds is 10. The van der Waals surface area contributed by atoms with Crippen LogP contribution in [-0.2, 0) is 29.2 Å². The van der Waals surface area contributed by atoms with E-state index in [1.165, 1.54) is 5.56 Å². The molecule has 1 saturated heterocycles. The van der Waals surface area contributed by atoms with Crippen LogP contribution in [-0.4, -0.2) is 61.1 Å². The fraction of sp³-hybridized carbons (Fsp3) is 0.481. The van der Waals surface area contributed by atoms with Crippen molar-refractivity contribution in [2.45, 2.75) is 46.0 Å². The first kappa shape index (κ1) is 25.7. The van der Waals surface area contributed by atoms with E-state index in [1.54, 1.807) is 0 Å². The molecule has 2 N–H and O–H groups in total. The van der Waals surface area contributed by atoms with E-state index in [0.717, 1.165) is 50.3 Å². The van der Waals surface area contributed by atoms with E-state index >= 15 is 0 Å². The predicted molar refractivity (Wildman–Crippen MR) is 134 cm³/mol. The number of amides is 2. The molecule has 0 bridgehead atoms. The Kier molecular flexibility index (Phi) is 9.91. The topological polar surface area (TPSA) is 73.9 Å². The molecule has 2 aromatic rings. The van der Waals surface area contributed by atoms with Gasteiger partial charge in [0.05, 0.1) is 0 Å². The van der Waals surface area contributed by atoms with Crippen molar-refractivity contribution in [1.82, 2.24) is 20.4 Å². The summed E-state index contributed by atoms with van der Waals surface area (Å²) in [5, 5.41) is 5.76. The third kappa shape index (κ3) is 8.15. The zero-order chi connectivity index (χ0) is 24.3. The highest BCUT2D eigenvalue weighted by Gasteiger charge is 2.26. The molecule has 2 amide bonds. The summed E-state index contributed by atoms with van der Waals surface area (Å²) in [6.45, 7) is 9.79. The number of piperazine rings is 1. The monoisotopic (exact) mass is 466 g/mol. The molecule has 2 atom stereocenters. The van der Waals surface area contributed by atoms with Crippen molar-refractivity contribution >= 4 is 12.0 Å². The van der Waals surface area contributed by atoms with E-state index in [9.17, 15) is 9.59 Å². The second kappa shape index (κ2) is 13.1. The van der Waals surface area contributed by atoms with Crippen LogP contribution in [0, 0.1) is 5.92 Å². The maximum atomic E-state index is 13.0. The van der Waals surface area contributed by atoms with E-state index in [4.69, 9.17) is 4.74 Å². The molecule has 0 aromatic heterocycles. The lowest BCUT2D eigenvalue weighted by molar-refractivity contribution is -0.124. The number of ether oxygens (including phenoxy) is 1. The van der Waals surface area contributed by atoms with Gasteiger partial charge in [-0.15, -0.1) is 0 Å². The highest BCUT2D eigenvalue weighted by molar-refractivity contribution is 5.85. The maximum absolute atomic E-state index is 13.0. The number of hydrogen-bond donors (Lipinski definition) is 2. The molecule has 0 unspecified atom stereocenters. The minimum Gasteiger partial charge on any atom is -0.445 e. The van der Waals surface area contributed by atoms with E-state index in [1.807, 2.05) is 56.3 Å². The van der Waals surface area contributed by atoms with Crippen molar-refractivity contribution in [3.63, 3.8) is 0 Å². The largest absolute Gasteiger partial charge is 0.445 e. The van der Waals surface area contributed by atoms with Crippen molar-refractivity contribution in [2.24, 2.45) is 5.92 Å². The first-order chi connectivity index (χ1) is 16.4. The average Bonchev–Trinajstić information content (AvgIpc) is 2.86. The van der Waals surface area contributed by atoms with Gasteiger partial charge in [0.25, 0.3) is 0 Å². The van der Waals surface area contributed by atoms with Gasteiger partial charge in [0.1, 0.15) is 12.6 Å². The minimum atomic E-state index is -0.651. The number of likely N-dealkylation sites (N-methyl/N-ethyl adjacent to an activating group) is 1. The van der Waals surface area contributed by atoms with Crippen molar-refractivity contribution in [3.05, 3.63) is 71.3 Å². The van der Waals surface area contributed by atoms with Crippen molar-refractivity contribution in [2.75, 3.05) is 33.2 Å². The summed E-state index contributed by atoms with van der Waals surface area (Å²) in [4.78, 5) is 30.1. The Labute approximate surface area is 203 Å². The number of nitrogens with one attached hydrogen (secondary N) is 2. The van der Waals surface area contributed by atoms with Gasteiger partial charge in [0, 0.05) is 39.3 Å². The first-order valence-corrected chi connectivity index (χ1v) is 12.2. The second-order valence-electron chi connectivity index (χ2n) is 9.19. The zero-order valence-electron chi connectivity index (χ0n) is 20.6. The molecule has 3 rings (SSSR count). The summed E-state index contributed by atoms with van der Waals surface area (Å²) < 4.78 is 5.32. The molecule has 0 radical (unpaired) electrons. The first-order valence-electron chi connectivity index (χ1n) is 12.2. The fourth-order valence-corrected chi connectivity index (χ4v) is 3.99. The lowest BCUT2D eigenvalue weighted by Crippen LogP contribution is -2.50. The Hall–Kier alpha value is -2.90. The highest BCUT2D eigenvalue weighted by Crippen LogP contribution is 2.12. The molecule has 7 nitrogen and oxygen atoms in total. The van der Waals surface area contributed by atoms with Gasteiger partial charge in [-0.3, -0.25) is 9.69 Å². The van der Waals surface area contributed by atoms with Crippen LogP contribution in [0.15, 0.2) is 54.6 Å². The summed E-state index contributed by atoms with van der Waals surface area (Å²) in [6, 6.07) is 17.2. The van der Waals surface area contributed by atoms with Gasteiger partial charge in [-0.05, 0) is 29.7 Å². The van der Waals surface area contributed by atoms with E-state index in [-0.39, 0.29) is 18.4 Å². The van der Waals surface area contributed by atoms with Crippen molar-refractivity contribution < 1.29 is 14.3 Å². The molecule has 0 spiro atoms. The third-order valence-corrected chi connectivity index (χ3v) is 6.44. The zero-order valence-corrected chi connectivity index (χ0v) is 20.6. The van der Waals surface area contributed by atoms with Crippen LogP contribution >= 0.6 is 0 Å². The van der Waals surface area contributed by atoms with Gasteiger partial charge in [0.2, 0.25) is 5.91 Å². The number of carbonyl (C=O) groups is 2. The maximum Gasteiger partial charge on any atom is 0.408 e. The van der Waals surface area contributed by atoms with Crippen LogP contribution in [0.25, 0.3) is 0 Å². The molecular formula is C27H38N4O3. The Morgan fingerprint density at radius 2 is 1.65 bits per heavy atom. The average molecular weight is 467 g/mol. The normalized spacial score (nSPS) is 16.4. The Morgan fingerprint density at radius 3 is 2.35 bits per heavy atom. The van der Waals surface area contributed by atoms with Crippen LogP contribution in [0.5, 0.6) is 0 Å². The number of carbonyl (C=O) groups excluding carboxylic acids is 2. The summed E-state index contributed by atoms with van der Waals surface area (Å²) in [5.74, 6) is -0.219. The molecule has 1 fully saturated rings. The fourth-order valence-electron chi connectivity index (χ4n) is 3.99. The molecular weight excluding hydrogens is 428 g/mol. The highest BCUT2D eigenvalue weighted by atomic mass is 16.5. The number of benzene rings is 2. The smallest absolute Gasteiger partial charge is 0.408 e. The molecule has 2 aromatic carbocycles. The van der Waals surface area contributed by atoms with Gasteiger partial charge >= 0.3 is 6.09 Å². The summed E-state index contributed by atoms with van der Waals surface area (Å²) >= 11 is 0. The standard InChI is InChI=1S/C27H38N4O3/c1-4-21(2)25(29-27(33)34-20-22-9-6-5-7-10-22)26(32)28-18-23-11-8-12-24(17-23)19-31-15-13-30(3)14-16-31/h5-12,17,21,25H,4,13-16,18-20H2,1-3H3,(H,28,32)(H,29,33)/t21-,25-/m0/s1. The van der Waals surface area contributed by atoms with E-state index in [2.05, 4.69) is 39.6 Å². The summed E-state index contributed by atoms with van der Waals surface area (Å²) in [5.41, 5.74) is 3.20. The Balaban J connectivity index is 1.51. The number of alkyl carbamates (subject to hydrolysis) is 1. The van der Waals surface area contributed by atoms with Gasteiger partial charge in [-0.25, -0.2) is 4.79 Å². The SMILES string of the molecule is CC[C@H](C)[C@H](NC(=O)OCc1ccccc1)C(=O)NCc1cccc(CN2CCN(C)CC2)c1. The molecule has 184 valence electrons. The lowest BCUT2D eigenvalue weighted by Gasteiger charge is -2.32. The number of hydrogen-bond acceptors (Lipinski definition) is 5. The van der Waals surface area contributed by atoms with Crippen LogP contribution in [0.1, 0.15) is 37.0 Å². The molecule has 1 aliphatic rings. The second-order valence-corrected chi connectivity index (χ2v) is 9.19. The molecule has 1 aliphatic heterocycles. The Bertz CT molecular complexity index is 913. The predicted octanol–water partition coefficient (Wildman–Crippen LogP) is 3.39. The Morgan fingerprint density at radius 1 is 0.971 bits per heavy atom. The van der Waals surface area contributed by atoms with E-state index in [0.29, 0.717) is 6.54 Å². The lowest BCUT2D eigenvalue weighted by atomic mass is 9.98. The van der Waals surface area contributed by atoms with Crippen LogP contribution in [0.3, 0.4) is 0 Å². The molecule has 34 heavy (non-hydrogen) atoms. The van der Waals surface area contributed by atoms with Crippen molar-refractivity contribution in [1.29, 1.82) is 0 Å². The van der Waals surface area contributed by atoms with Crippen LogP contribution in [0.4, 0.5) is 4.79 Å².